The molecule has 0 atom stereocenters. The third-order valence-corrected chi connectivity index (χ3v) is 6.58. The van der Waals surface area contributed by atoms with Crippen molar-refractivity contribution in [2.24, 2.45) is 0 Å². The van der Waals surface area contributed by atoms with Gasteiger partial charge >= 0.3 is 12.2 Å². The lowest BCUT2D eigenvalue weighted by molar-refractivity contribution is 0.0635. The summed E-state index contributed by atoms with van der Waals surface area (Å²) in [7, 11) is 0. The van der Waals surface area contributed by atoms with Gasteiger partial charge in [-0.05, 0) is 38.5 Å². The molecular weight excluding hydrogens is 532 g/mol. The Morgan fingerprint density at radius 1 is 1.02 bits per heavy atom. The minimum Gasteiger partial charge on any atom is -0.445 e. The maximum Gasteiger partial charge on any atom is 0.414 e. The predicted octanol–water partition coefficient (Wildman–Crippen LogP) is 4.80. The minimum atomic E-state index is -0.608. The number of imidazole rings is 1. The van der Waals surface area contributed by atoms with E-state index in [2.05, 4.69) is 34.5 Å². The maximum absolute atomic E-state index is 12.4. The van der Waals surface area contributed by atoms with Crippen molar-refractivity contribution in [2.75, 3.05) is 36.4 Å². The van der Waals surface area contributed by atoms with Crippen molar-refractivity contribution in [1.82, 2.24) is 29.2 Å². The van der Waals surface area contributed by atoms with Gasteiger partial charge in [0.1, 0.15) is 23.6 Å². The van der Waals surface area contributed by atoms with Crippen molar-refractivity contribution in [3.8, 4) is 23.0 Å². The molecule has 0 aliphatic carbocycles. The van der Waals surface area contributed by atoms with Crippen molar-refractivity contribution in [1.29, 1.82) is 0 Å². The van der Waals surface area contributed by atoms with Crippen LogP contribution in [0.1, 0.15) is 26.3 Å². The Labute approximate surface area is 235 Å². The molecule has 1 saturated heterocycles. The van der Waals surface area contributed by atoms with Gasteiger partial charge in [0.05, 0.1) is 18.1 Å². The minimum absolute atomic E-state index is 0.266. The number of aromatic amines is 1. The fourth-order valence-corrected chi connectivity index (χ4v) is 4.58. The van der Waals surface area contributed by atoms with Crippen molar-refractivity contribution in [3.63, 3.8) is 0 Å². The van der Waals surface area contributed by atoms with Crippen molar-refractivity contribution in [2.45, 2.75) is 33.0 Å². The highest BCUT2D eigenvalue weighted by Crippen LogP contribution is 2.24. The number of hydrogen-bond donors (Lipinski definition) is 2. The second-order valence-electron chi connectivity index (χ2n) is 10.1. The van der Waals surface area contributed by atoms with Crippen LogP contribution < -0.4 is 10.2 Å². The van der Waals surface area contributed by atoms with Gasteiger partial charge in [-0.15, -0.1) is 0 Å². The number of carbonyl (C=O) groups excluding carboxylic acids is 2. The lowest BCUT2D eigenvalue weighted by Gasteiger charge is -2.35. The van der Waals surface area contributed by atoms with Gasteiger partial charge in [-0.25, -0.2) is 14.6 Å². The number of amides is 2. The summed E-state index contributed by atoms with van der Waals surface area (Å²) in [5.41, 5.74) is 2.59. The number of H-pyrrole nitrogens is 1. The van der Waals surface area contributed by atoms with E-state index >= 15 is 0 Å². The molecular formula is C27H30N8O4S. The Morgan fingerprint density at radius 3 is 2.50 bits per heavy atom. The van der Waals surface area contributed by atoms with Gasteiger partial charge in [-0.3, -0.25) is 10.3 Å². The average molecular weight is 563 g/mol. The second kappa shape index (κ2) is 11.7. The first-order chi connectivity index (χ1) is 19.2. The fraction of sp³-hybridized carbons (Fsp3) is 0.333. The highest BCUT2D eigenvalue weighted by Gasteiger charge is 2.23. The van der Waals surface area contributed by atoms with Gasteiger partial charge in [-0.1, -0.05) is 30.3 Å². The Hall–Kier alpha value is -4.52. The summed E-state index contributed by atoms with van der Waals surface area (Å²) >= 11 is 1.05. The smallest absolute Gasteiger partial charge is 0.414 e. The predicted molar refractivity (Wildman–Crippen MR) is 151 cm³/mol. The largest absolute Gasteiger partial charge is 0.445 e. The summed E-state index contributed by atoms with van der Waals surface area (Å²) in [5.74, 6) is 0.982. The summed E-state index contributed by atoms with van der Waals surface area (Å²) in [6.45, 7) is 8.14. The highest BCUT2D eigenvalue weighted by molar-refractivity contribution is 7.10. The molecule has 1 fully saturated rings. The van der Waals surface area contributed by atoms with Crippen molar-refractivity contribution < 1.29 is 19.1 Å². The van der Waals surface area contributed by atoms with E-state index in [-0.39, 0.29) is 12.7 Å². The Morgan fingerprint density at radius 2 is 1.80 bits per heavy atom. The molecule has 1 aliphatic rings. The standard InChI is InChI=1S/C27H30N8O4S/c1-27(2,3)39-25(36)32-24-31-23(33-40-24)21-16-29-22(30-21)20-10-9-19(15-28-20)34-11-13-35(14-12-34)26(37)38-17-18-7-5-4-6-8-18/h4-10,15-16H,11-14,17H2,1-3H3,(H,29,30)(H,31,32,33,36). The number of piperazine rings is 1. The third kappa shape index (κ3) is 6.91. The lowest BCUT2D eigenvalue weighted by atomic mass is 10.2. The highest BCUT2D eigenvalue weighted by atomic mass is 32.1. The van der Waals surface area contributed by atoms with E-state index in [0.717, 1.165) is 22.8 Å². The van der Waals surface area contributed by atoms with E-state index in [4.69, 9.17) is 9.47 Å². The molecule has 5 rings (SSSR count). The molecule has 1 aliphatic heterocycles. The van der Waals surface area contributed by atoms with Crippen LogP contribution in [0.15, 0.2) is 54.9 Å². The Kier molecular flexibility index (Phi) is 7.91. The Bertz CT molecular complexity index is 1440. The van der Waals surface area contributed by atoms with E-state index in [0.29, 0.717) is 54.3 Å². The molecule has 0 spiro atoms. The van der Waals surface area contributed by atoms with E-state index in [1.54, 1.807) is 38.1 Å². The summed E-state index contributed by atoms with van der Waals surface area (Å²) in [6.07, 6.45) is 2.53. The van der Waals surface area contributed by atoms with Gasteiger partial charge in [0.15, 0.2) is 11.6 Å². The molecule has 4 heterocycles. The number of nitrogens with one attached hydrogen (secondary N) is 2. The average Bonchev–Trinajstić information content (AvgIpc) is 3.62. The number of benzene rings is 1. The normalized spacial score (nSPS) is 13.7. The number of carbonyl (C=O) groups is 2. The maximum atomic E-state index is 12.4. The van der Waals surface area contributed by atoms with Crippen LogP contribution in [0.5, 0.6) is 0 Å². The van der Waals surface area contributed by atoms with E-state index < -0.39 is 11.7 Å². The molecule has 0 bridgehead atoms. The van der Waals surface area contributed by atoms with Crippen LogP contribution >= 0.6 is 11.5 Å². The van der Waals surface area contributed by atoms with E-state index in [1.165, 1.54) is 0 Å². The van der Waals surface area contributed by atoms with Crippen molar-refractivity contribution in [3.05, 3.63) is 60.4 Å². The number of ether oxygens (including phenoxy) is 2. The first-order valence-corrected chi connectivity index (χ1v) is 13.6. The second-order valence-corrected chi connectivity index (χ2v) is 10.9. The van der Waals surface area contributed by atoms with E-state index in [9.17, 15) is 9.59 Å². The van der Waals surface area contributed by atoms with Gasteiger partial charge < -0.3 is 24.3 Å². The molecule has 40 heavy (non-hydrogen) atoms. The van der Waals surface area contributed by atoms with Crippen LogP contribution in [-0.4, -0.2) is 73.2 Å². The van der Waals surface area contributed by atoms with Gasteiger partial charge in [0, 0.05) is 37.7 Å². The van der Waals surface area contributed by atoms with Gasteiger partial charge in [0.2, 0.25) is 5.13 Å². The molecule has 13 heteroatoms. The molecule has 208 valence electrons. The Balaban J connectivity index is 1.13. The summed E-state index contributed by atoms with van der Waals surface area (Å²) < 4.78 is 15.0. The lowest BCUT2D eigenvalue weighted by Crippen LogP contribution is -2.49. The first kappa shape index (κ1) is 27.1. The SMILES string of the molecule is CC(C)(C)OC(=O)Nc1nc(-c2cnc(-c3ccc(N4CCN(C(=O)OCc5ccccc5)CC4)cn3)[nH]2)ns1. The molecule has 1 aromatic carbocycles. The van der Waals surface area contributed by atoms with Gasteiger partial charge in [0.25, 0.3) is 0 Å². The molecule has 0 saturated carbocycles. The fourth-order valence-electron chi connectivity index (χ4n) is 4.01. The van der Waals surface area contributed by atoms with Crippen molar-refractivity contribution >= 4 is 34.5 Å². The number of anilines is 2. The zero-order valence-electron chi connectivity index (χ0n) is 22.5. The number of hydrogen-bond acceptors (Lipinski definition) is 10. The zero-order chi connectivity index (χ0) is 28.1. The monoisotopic (exact) mass is 562 g/mol. The van der Waals surface area contributed by atoms with Gasteiger partial charge in [-0.2, -0.15) is 9.36 Å². The number of rotatable bonds is 6. The van der Waals surface area contributed by atoms with Crippen LogP contribution in [-0.2, 0) is 16.1 Å². The molecule has 0 unspecified atom stereocenters. The summed E-state index contributed by atoms with van der Waals surface area (Å²) in [5, 5.41) is 2.92. The van der Waals surface area contributed by atoms with Crippen LogP contribution in [0, 0.1) is 0 Å². The summed E-state index contributed by atoms with van der Waals surface area (Å²) in [4.78, 5) is 44.9. The van der Waals surface area contributed by atoms with Crippen LogP contribution in [0.4, 0.5) is 20.4 Å². The van der Waals surface area contributed by atoms with E-state index in [1.807, 2.05) is 42.5 Å². The van der Waals surface area contributed by atoms with Crippen LogP contribution in [0.25, 0.3) is 23.0 Å². The molecule has 2 amide bonds. The quantitative estimate of drug-likeness (QED) is 0.339. The van der Waals surface area contributed by atoms with Crippen LogP contribution in [0.2, 0.25) is 0 Å². The number of aromatic nitrogens is 5. The zero-order valence-corrected chi connectivity index (χ0v) is 23.3. The number of pyridine rings is 1. The molecule has 4 aromatic rings. The van der Waals surface area contributed by atoms with Crippen LogP contribution in [0.3, 0.4) is 0 Å². The number of nitrogens with zero attached hydrogens (tertiary/aromatic N) is 6. The molecule has 3 aromatic heterocycles. The molecule has 0 radical (unpaired) electrons. The summed E-state index contributed by atoms with van der Waals surface area (Å²) in [6, 6.07) is 13.5. The molecule has 12 nitrogen and oxygen atoms in total. The molecule has 2 N–H and O–H groups in total. The first-order valence-electron chi connectivity index (χ1n) is 12.8. The topological polar surface area (TPSA) is 138 Å². The third-order valence-electron chi connectivity index (χ3n) is 5.95.